The maximum absolute atomic E-state index is 12.2. The van der Waals surface area contributed by atoms with E-state index in [4.69, 9.17) is 14.2 Å². The highest BCUT2D eigenvalue weighted by Gasteiger charge is 2.35. The van der Waals surface area contributed by atoms with E-state index in [1.54, 1.807) is 26.2 Å². The summed E-state index contributed by atoms with van der Waals surface area (Å²) in [6.07, 6.45) is 4.18. The van der Waals surface area contributed by atoms with Crippen molar-refractivity contribution in [1.29, 1.82) is 0 Å². The third-order valence-corrected chi connectivity index (χ3v) is 6.09. The van der Waals surface area contributed by atoms with Gasteiger partial charge in [-0.3, -0.25) is 9.69 Å². The third-order valence-electron chi connectivity index (χ3n) is 6.09. The standard InChI is InChI=1S/C22H34N2O4/c1-23(16-22(26-2)27-3)21(25)11-12-28-20-9-7-17(8-10-20)13-24-14-18-5-4-6-19(18)15-24/h7-10,18-19,22H,4-6,11-16H2,1-3H3/t18-,19+. The molecule has 0 unspecified atom stereocenters. The molecule has 3 rings (SSSR count). The second-order valence-electron chi connectivity index (χ2n) is 8.06. The molecule has 6 heteroatoms. The van der Waals surface area contributed by atoms with Crippen molar-refractivity contribution in [3.05, 3.63) is 29.8 Å². The number of fused-ring (bicyclic) bond motifs is 1. The van der Waals surface area contributed by atoms with Gasteiger partial charge in [0.2, 0.25) is 5.91 Å². The number of methoxy groups -OCH3 is 2. The molecule has 1 saturated heterocycles. The highest BCUT2D eigenvalue weighted by molar-refractivity contribution is 5.76. The van der Waals surface area contributed by atoms with E-state index in [1.165, 1.54) is 37.9 Å². The fourth-order valence-electron chi connectivity index (χ4n) is 4.43. The van der Waals surface area contributed by atoms with Crippen LogP contribution in [0.4, 0.5) is 0 Å². The molecule has 2 atom stereocenters. The molecule has 0 aromatic heterocycles. The molecule has 0 N–H and O–H groups in total. The first kappa shape index (κ1) is 21.1. The van der Waals surface area contributed by atoms with E-state index in [2.05, 4.69) is 17.0 Å². The summed E-state index contributed by atoms with van der Waals surface area (Å²) in [5.74, 6) is 2.68. The molecule has 156 valence electrons. The van der Waals surface area contributed by atoms with E-state index in [-0.39, 0.29) is 5.91 Å². The zero-order valence-corrected chi connectivity index (χ0v) is 17.4. The average molecular weight is 391 g/mol. The number of amides is 1. The van der Waals surface area contributed by atoms with E-state index < -0.39 is 6.29 Å². The summed E-state index contributed by atoms with van der Waals surface area (Å²) in [5.41, 5.74) is 1.33. The number of likely N-dealkylation sites (N-methyl/N-ethyl adjacent to an activating group) is 1. The molecule has 0 bridgehead atoms. The molecule has 2 fully saturated rings. The Morgan fingerprint density at radius 2 is 1.79 bits per heavy atom. The summed E-state index contributed by atoms with van der Waals surface area (Å²) in [5, 5.41) is 0. The van der Waals surface area contributed by atoms with Gasteiger partial charge in [-0.25, -0.2) is 0 Å². The second-order valence-corrected chi connectivity index (χ2v) is 8.06. The normalized spacial score (nSPS) is 21.9. The number of carbonyl (C=O) groups is 1. The molecule has 28 heavy (non-hydrogen) atoms. The van der Waals surface area contributed by atoms with Gasteiger partial charge in [-0.15, -0.1) is 0 Å². The minimum atomic E-state index is -0.405. The lowest BCUT2D eigenvalue weighted by Crippen LogP contribution is -2.36. The zero-order valence-electron chi connectivity index (χ0n) is 17.4. The fraction of sp³-hybridized carbons (Fsp3) is 0.682. The smallest absolute Gasteiger partial charge is 0.225 e. The molecule has 2 aliphatic rings. The van der Waals surface area contributed by atoms with Crippen molar-refractivity contribution < 1.29 is 19.0 Å². The summed E-state index contributed by atoms with van der Waals surface area (Å²) < 4.78 is 16.0. The van der Waals surface area contributed by atoms with Crippen LogP contribution < -0.4 is 4.74 Å². The van der Waals surface area contributed by atoms with Gasteiger partial charge < -0.3 is 19.1 Å². The molecule has 0 spiro atoms. The van der Waals surface area contributed by atoms with Gasteiger partial charge in [0.05, 0.1) is 19.6 Å². The largest absolute Gasteiger partial charge is 0.493 e. The Morgan fingerprint density at radius 1 is 1.14 bits per heavy atom. The molecule has 1 aromatic carbocycles. The fourth-order valence-corrected chi connectivity index (χ4v) is 4.43. The molecule has 1 aliphatic carbocycles. The van der Waals surface area contributed by atoms with Crippen LogP contribution in [0.3, 0.4) is 0 Å². The lowest BCUT2D eigenvalue weighted by molar-refractivity contribution is -0.143. The van der Waals surface area contributed by atoms with Gasteiger partial charge in [-0.1, -0.05) is 18.6 Å². The number of carbonyl (C=O) groups excluding carboxylic acids is 1. The molecule has 1 amide bonds. The highest BCUT2D eigenvalue weighted by Crippen LogP contribution is 2.38. The topological polar surface area (TPSA) is 51.2 Å². The maximum Gasteiger partial charge on any atom is 0.225 e. The van der Waals surface area contributed by atoms with Crippen molar-refractivity contribution in [2.75, 3.05) is 47.5 Å². The molecule has 1 heterocycles. The maximum atomic E-state index is 12.2. The Kier molecular flexibility index (Phi) is 7.71. The van der Waals surface area contributed by atoms with Crippen LogP contribution >= 0.6 is 0 Å². The Hall–Kier alpha value is -1.63. The van der Waals surface area contributed by atoms with Crippen LogP contribution in [0.1, 0.15) is 31.2 Å². The van der Waals surface area contributed by atoms with Crippen molar-refractivity contribution in [2.45, 2.75) is 38.5 Å². The summed E-state index contributed by atoms with van der Waals surface area (Å²) in [7, 11) is 4.87. The summed E-state index contributed by atoms with van der Waals surface area (Å²) >= 11 is 0. The van der Waals surface area contributed by atoms with Gasteiger partial charge in [0.25, 0.3) is 0 Å². The Bertz CT molecular complexity index is 605. The number of likely N-dealkylation sites (tertiary alicyclic amines) is 1. The third kappa shape index (κ3) is 5.69. The second kappa shape index (κ2) is 10.2. The Balaban J connectivity index is 1.37. The van der Waals surface area contributed by atoms with E-state index in [0.29, 0.717) is 19.6 Å². The van der Waals surface area contributed by atoms with Gasteiger partial charge in [0.15, 0.2) is 6.29 Å². The SMILES string of the molecule is COC(CN(C)C(=O)CCOc1ccc(CN2C[C@H]3CCC[C@H]3C2)cc1)OC. The average Bonchev–Trinajstić information content (AvgIpc) is 3.28. The van der Waals surface area contributed by atoms with Gasteiger partial charge in [-0.05, 0) is 42.4 Å². The Morgan fingerprint density at radius 3 is 2.39 bits per heavy atom. The van der Waals surface area contributed by atoms with Gasteiger partial charge in [0.1, 0.15) is 5.75 Å². The molecule has 0 radical (unpaired) electrons. The first-order valence-corrected chi connectivity index (χ1v) is 10.3. The predicted octanol–water partition coefficient (Wildman–Crippen LogP) is 2.76. The van der Waals surface area contributed by atoms with Crippen molar-refractivity contribution in [1.82, 2.24) is 9.80 Å². The molecule has 1 aromatic rings. The minimum absolute atomic E-state index is 0.00954. The molecular formula is C22H34N2O4. The van der Waals surface area contributed by atoms with Crippen LogP contribution in [-0.2, 0) is 20.8 Å². The van der Waals surface area contributed by atoms with Gasteiger partial charge in [-0.2, -0.15) is 0 Å². The van der Waals surface area contributed by atoms with Gasteiger partial charge >= 0.3 is 0 Å². The van der Waals surface area contributed by atoms with Crippen LogP contribution in [0.25, 0.3) is 0 Å². The van der Waals surface area contributed by atoms with Crippen LogP contribution in [0, 0.1) is 11.8 Å². The Labute approximate surface area is 168 Å². The summed E-state index contributed by atoms with van der Waals surface area (Å²) in [6.45, 7) is 4.30. The van der Waals surface area contributed by atoms with E-state index in [0.717, 1.165) is 24.1 Å². The van der Waals surface area contributed by atoms with E-state index >= 15 is 0 Å². The van der Waals surface area contributed by atoms with Crippen LogP contribution in [0.2, 0.25) is 0 Å². The number of ether oxygens (including phenoxy) is 3. The highest BCUT2D eigenvalue weighted by atomic mass is 16.7. The number of benzene rings is 1. The predicted molar refractivity (Wildman–Crippen MR) is 108 cm³/mol. The molecule has 1 aliphatic heterocycles. The number of nitrogens with zero attached hydrogens (tertiary/aromatic N) is 2. The minimum Gasteiger partial charge on any atom is -0.493 e. The summed E-state index contributed by atoms with van der Waals surface area (Å²) in [4.78, 5) is 16.4. The number of hydrogen-bond donors (Lipinski definition) is 0. The lowest BCUT2D eigenvalue weighted by atomic mass is 10.0. The monoisotopic (exact) mass is 390 g/mol. The van der Waals surface area contributed by atoms with Gasteiger partial charge in [0, 0.05) is 40.9 Å². The van der Waals surface area contributed by atoms with Crippen molar-refractivity contribution in [2.24, 2.45) is 11.8 Å². The van der Waals surface area contributed by atoms with Crippen molar-refractivity contribution in [3.8, 4) is 5.75 Å². The van der Waals surface area contributed by atoms with E-state index in [1.807, 2.05) is 12.1 Å². The molecule has 6 nitrogen and oxygen atoms in total. The summed E-state index contributed by atoms with van der Waals surface area (Å²) in [6, 6.07) is 8.29. The van der Waals surface area contributed by atoms with Crippen molar-refractivity contribution in [3.63, 3.8) is 0 Å². The molecule has 1 saturated carbocycles. The van der Waals surface area contributed by atoms with Crippen molar-refractivity contribution >= 4 is 5.91 Å². The van der Waals surface area contributed by atoms with E-state index in [9.17, 15) is 4.79 Å². The van der Waals surface area contributed by atoms with Crippen LogP contribution in [0.15, 0.2) is 24.3 Å². The number of rotatable bonds is 10. The van der Waals surface area contributed by atoms with Crippen LogP contribution in [0.5, 0.6) is 5.75 Å². The molecular weight excluding hydrogens is 356 g/mol. The zero-order chi connectivity index (χ0) is 19.9. The number of hydrogen-bond acceptors (Lipinski definition) is 5. The first-order valence-electron chi connectivity index (χ1n) is 10.3. The lowest BCUT2D eigenvalue weighted by Gasteiger charge is -2.22. The first-order chi connectivity index (χ1) is 13.6. The quantitative estimate of drug-likeness (QED) is 0.575. The van der Waals surface area contributed by atoms with Crippen LogP contribution in [-0.4, -0.2) is 69.5 Å².